The normalized spacial score (nSPS) is 10.7. The van der Waals surface area contributed by atoms with Gasteiger partial charge >= 0.3 is 0 Å². The number of anilines is 1. The Morgan fingerprint density at radius 1 is 1.06 bits per heavy atom. The van der Waals surface area contributed by atoms with Gasteiger partial charge in [0.05, 0.1) is 11.8 Å². The van der Waals surface area contributed by atoms with Gasteiger partial charge in [0.2, 0.25) is 0 Å². The van der Waals surface area contributed by atoms with Crippen molar-refractivity contribution in [2.24, 2.45) is 0 Å². The first-order valence-corrected chi connectivity index (χ1v) is 6.34. The Hall–Kier alpha value is -2.07. The van der Waals surface area contributed by atoms with E-state index in [4.69, 9.17) is 10.5 Å². The maximum Gasteiger partial charge on any atom is 0.145 e. The van der Waals surface area contributed by atoms with Gasteiger partial charge in [-0.3, -0.25) is 0 Å². The smallest absolute Gasteiger partial charge is 0.145 e. The van der Waals surface area contributed by atoms with Crippen molar-refractivity contribution in [1.82, 2.24) is 4.37 Å². The van der Waals surface area contributed by atoms with Crippen LogP contribution in [0.4, 0.5) is 5.82 Å². The molecule has 90 valence electrons. The molecule has 0 saturated carbocycles. The average molecular weight is 256 g/mol. The minimum absolute atomic E-state index is 0.602. The SMILES string of the molecule is COc1ccc(-c2ccc3snc(N)c3c2)cc1. The highest BCUT2D eigenvalue weighted by Gasteiger charge is 2.05. The molecule has 0 spiro atoms. The van der Waals surface area contributed by atoms with E-state index in [1.54, 1.807) is 7.11 Å². The largest absolute Gasteiger partial charge is 0.497 e. The van der Waals surface area contributed by atoms with Crippen LogP contribution >= 0.6 is 11.5 Å². The molecule has 2 aromatic carbocycles. The minimum atomic E-state index is 0.602. The van der Waals surface area contributed by atoms with Crippen LogP contribution in [0.1, 0.15) is 0 Å². The molecule has 0 aliphatic rings. The number of hydrogen-bond donors (Lipinski definition) is 1. The summed E-state index contributed by atoms with van der Waals surface area (Å²) in [5, 5.41) is 1.02. The molecule has 0 saturated heterocycles. The molecule has 4 heteroatoms. The molecule has 1 heterocycles. The van der Waals surface area contributed by atoms with Crippen LogP contribution in [0.25, 0.3) is 21.2 Å². The van der Waals surface area contributed by atoms with Crippen LogP contribution in [-0.2, 0) is 0 Å². The van der Waals surface area contributed by atoms with Gasteiger partial charge < -0.3 is 10.5 Å². The lowest BCUT2D eigenvalue weighted by Crippen LogP contribution is -1.85. The summed E-state index contributed by atoms with van der Waals surface area (Å²) in [5.74, 6) is 1.46. The van der Waals surface area contributed by atoms with Crippen LogP contribution in [0, 0.1) is 0 Å². The molecule has 18 heavy (non-hydrogen) atoms. The molecule has 0 aliphatic heterocycles. The highest BCUT2D eigenvalue weighted by molar-refractivity contribution is 7.13. The molecular formula is C14H12N2OS. The molecule has 0 unspecified atom stereocenters. The van der Waals surface area contributed by atoms with Crippen LogP contribution in [0.3, 0.4) is 0 Å². The number of nitrogens with zero attached hydrogens (tertiary/aromatic N) is 1. The van der Waals surface area contributed by atoms with Crippen LogP contribution in [0.5, 0.6) is 5.75 Å². The first-order chi connectivity index (χ1) is 8.78. The minimum Gasteiger partial charge on any atom is -0.497 e. The van der Waals surface area contributed by atoms with Crippen molar-refractivity contribution in [2.45, 2.75) is 0 Å². The Morgan fingerprint density at radius 2 is 1.78 bits per heavy atom. The number of benzene rings is 2. The van der Waals surface area contributed by atoms with Gasteiger partial charge in [0.25, 0.3) is 0 Å². The third-order valence-corrected chi connectivity index (χ3v) is 3.76. The first kappa shape index (κ1) is 11.0. The maximum atomic E-state index is 5.85. The fourth-order valence-corrected chi connectivity index (χ4v) is 2.61. The predicted molar refractivity (Wildman–Crippen MR) is 76.0 cm³/mol. The molecule has 0 amide bonds. The summed E-state index contributed by atoms with van der Waals surface area (Å²) in [6.45, 7) is 0. The Bertz CT molecular complexity index is 689. The van der Waals surface area contributed by atoms with E-state index in [2.05, 4.69) is 22.6 Å². The molecule has 3 rings (SSSR count). The second-order valence-corrected chi connectivity index (χ2v) is 4.81. The van der Waals surface area contributed by atoms with Crippen LogP contribution in [-0.4, -0.2) is 11.5 Å². The summed E-state index contributed by atoms with van der Waals surface area (Å²) < 4.78 is 10.4. The lowest BCUT2D eigenvalue weighted by atomic mass is 10.0. The number of aromatic nitrogens is 1. The molecule has 2 N–H and O–H groups in total. The van der Waals surface area contributed by atoms with Gasteiger partial charge in [-0.1, -0.05) is 18.2 Å². The van der Waals surface area contributed by atoms with Gasteiger partial charge in [0, 0.05) is 5.39 Å². The van der Waals surface area contributed by atoms with Gasteiger partial charge in [-0.25, -0.2) is 0 Å². The number of methoxy groups -OCH3 is 1. The summed E-state index contributed by atoms with van der Waals surface area (Å²) in [7, 11) is 1.67. The predicted octanol–water partition coefficient (Wildman–Crippen LogP) is 3.55. The lowest BCUT2D eigenvalue weighted by molar-refractivity contribution is 0.415. The van der Waals surface area contributed by atoms with Crippen LogP contribution in [0.15, 0.2) is 42.5 Å². The quantitative estimate of drug-likeness (QED) is 0.762. The van der Waals surface area contributed by atoms with Gasteiger partial charge in [-0.05, 0) is 46.9 Å². The van der Waals surface area contributed by atoms with Crippen molar-refractivity contribution in [2.75, 3.05) is 12.8 Å². The molecule has 0 fully saturated rings. The highest BCUT2D eigenvalue weighted by Crippen LogP contribution is 2.30. The number of nitrogens with two attached hydrogens (primary N) is 1. The fraction of sp³-hybridized carbons (Fsp3) is 0.0714. The zero-order chi connectivity index (χ0) is 12.5. The number of nitrogen functional groups attached to an aromatic ring is 1. The van der Waals surface area contributed by atoms with E-state index in [-0.39, 0.29) is 0 Å². The molecule has 3 nitrogen and oxygen atoms in total. The molecule has 1 aromatic heterocycles. The van der Waals surface area contributed by atoms with Crippen molar-refractivity contribution in [1.29, 1.82) is 0 Å². The maximum absolute atomic E-state index is 5.85. The second kappa shape index (κ2) is 4.31. The average Bonchev–Trinajstić information content (AvgIpc) is 2.80. The monoisotopic (exact) mass is 256 g/mol. The Balaban J connectivity index is 2.09. The lowest BCUT2D eigenvalue weighted by Gasteiger charge is -2.04. The fourth-order valence-electron chi connectivity index (χ4n) is 1.92. The molecule has 0 radical (unpaired) electrons. The van der Waals surface area contributed by atoms with Crippen molar-refractivity contribution in [3.63, 3.8) is 0 Å². The van der Waals surface area contributed by atoms with E-state index in [1.807, 2.05) is 24.3 Å². The third kappa shape index (κ3) is 1.80. The third-order valence-electron chi connectivity index (χ3n) is 2.92. The van der Waals surface area contributed by atoms with Gasteiger partial charge in [-0.2, -0.15) is 4.37 Å². The Labute approximate surface area is 109 Å². The van der Waals surface area contributed by atoms with Crippen LogP contribution in [0.2, 0.25) is 0 Å². The topological polar surface area (TPSA) is 48.1 Å². The number of ether oxygens (including phenoxy) is 1. The van der Waals surface area contributed by atoms with E-state index in [1.165, 1.54) is 11.5 Å². The van der Waals surface area contributed by atoms with Gasteiger partial charge in [0.15, 0.2) is 0 Å². The summed E-state index contributed by atoms with van der Waals surface area (Å²) in [6, 6.07) is 14.2. The summed E-state index contributed by atoms with van der Waals surface area (Å²) >= 11 is 1.43. The highest BCUT2D eigenvalue weighted by atomic mass is 32.1. The molecule has 0 atom stereocenters. The van der Waals surface area contributed by atoms with E-state index in [0.717, 1.165) is 27.0 Å². The number of fused-ring (bicyclic) bond motifs is 1. The number of hydrogen-bond acceptors (Lipinski definition) is 4. The summed E-state index contributed by atoms with van der Waals surface area (Å²) in [6.07, 6.45) is 0. The summed E-state index contributed by atoms with van der Waals surface area (Å²) in [4.78, 5) is 0. The Kier molecular flexibility index (Phi) is 2.64. The molecular weight excluding hydrogens is 244 g/mol. The Morgan fingerprint density at radius 3 is 2.50 bits per heavy atom. The van der Waals surface area contributed by atoms with Crippen molar-refractivity contribution in [3.05, 3.63) is 42.5 Å². The first-order valence-electron chi connectivity index (χ1n) is 5.57. The van der Waals surface area contributed by atoms with E-state index >= 15 is 0 Å². The van der Waals surface area contributed by atoms with E-state index in [0.29, 0.717) is 5.82 Å². The summed E-state index contributed by atoms with van der Waals surface area (Å²) in [5.41, 5.74) is 8.13. The number of rotatable bonds is 2. The van der Waals surface area contributed by atoms with E-state index < -0.39 is 0 Å². The van der Waals surface area contributed by atoms with Crippen molar-refractivity contribution >= 4 is 27.4 Å². The van der Waals surface area contributed by atoms with Gasteiger partial charge in [-0.15, -0.1) is 0 Å². The van der Waals surface area contributed by atoms with Crippen molar-refractivity contribution < 1.29 is 4.74 Å². The second-order valence-electron chi connectivity index (χ2n) is 4.01. The van der Waals surface area contributed by atoms with Crippen LogP contribution < -0.4 is 10.5 Å². The molecule has 0 aliphatic carbocycles. The zero-order valence-corrected chi connectivity index (χ0v) is 10.7. The molecule has 3 aromatic rings. The van der Waals surface area contributed by atoms with E-state index in [9.17, 15) is 0 Å². The standard InChI is InChI=1S/C14H12N2OS/c1-17-11-5-2-9(3-6-11)10-4-7-13-12(8-10)14(15)16-18-13/h2-8H,1H3,(H2,15,16). The van der Waals surface area contributed by atoms with Crippen molar-refractivity contribution in [3.8, 4) is 16.9 Å². The zero-order valence-electron chi connectivity index (χ0n) is 9.88. The van der Waals surface area contributed by atoms with Gasteiger partial charge in [0.1, 0.15) is 11.6 Å². The molecule has 0 bridgehead atoms.